The highest BCUT2D eigenvalue weighted by molar-refractivity contribution is 9.10. The number of nitrogens with one attached hydrogen (secondary N) is 1. The van der Waals surface area contributed by atoms with E-state index in [9.17, 15) is 0 Å². The molecule has 0 spiro atoms. The minimum atomic E-state index is 0.353. The van der Waals surface area contributed by atoms with E-state index in [2.05, 4.69) is 69.8 Å². The van der Waals surface area contributed by atoms with Gasteiger partial charge >= 0.3 is 0 Å². The Hall–Kier alpha value is -1.25. The van der Waals surface area contributed by atoms with Crippen LogP contribution in [0.1, 0.15) is 29.5 Å². The van der Waals surface area contributed by atoms with Crippen molar-refractivity contribution >= 4 is 33.2 Å². The van der Waals surface area contributed by atoms with Crippen LogP contribution in [0.2, 0.25) is 5.02 Å². The molecule has 21 heavy (non-hydrogen) atoms. The van der Waals surface area contributed by atoms with Crippen LogP contribution in [-0.4, -0.2) is 0 Å². The number of benzene rings is 2. The molecule has 0 saturated heterocycles. The third-order valence-electron chi connectivity index (χ3n) is 4.55. The average Bonchev–Trinajstić information content (AvgIpc) is 2.97. The van der Waals surface area contributed by atoms with Gasteiger partial charge in [-0.2, -0.15) is 0 Å². The van der Waals surface area contributed by atoms with Crippen molar-refractivity contribution in [1.29, 1.82) is 0 Å². The van der Waals surface area contributed by atoms with Crippen LogP contribution in [0.4, 0.5) is 5.69 Å². The number of fused-ring (bicyclic) bond motifs is 3. The largest absolute Gasteiger partial charge is 0.378 e. The fourth-order valence-corrected chi connectivity index (χ4v) is 4.01. The zero-order chi connectivity index (χ0) is 14.4. The molecule has 0 fully saturated rings. The Labute approximate surface area is 138 Å². The van der Waals surface area contributed by atoms with E-state index in [1.807, 2.05) is 6.07 Å². The lowest BCUT2D eigenvalue weighted by molar-refractivity contribution is 0.425. The molecule has 106 valence electrons. The Morgan fingerprint density at radius 1 is 1.10 bits per heavy atom. The summed E-state index contributed by atoms with van der Waals surface area (Å²) in [6.07, 6.45) is 5.76. The van der Waals surface area contributed by atoms with Gasteiger partial charge in [0.2, 0.25) is 0 Å². The molecule has 0 aromatic heterocycles. The molecule has 3 heteroatoms. The summed E-state index contributed by atoms with van der Waals surface area (Å²) in [6.45, 7) is 0. The molecule has 3 atom stereocenters. The molecule has 1 nitrogen and oxygen atoms in total. The van der Waals surface area contributed by atoms with Crippen LogP contribution in [0.5, 0.6) is 0 Å². The van der Waals surface area contributed by atoms with Crippen molar-refractivity contribution < 1.29 is 0 Å². The monoisotopic (exact) mass is 359 g/mol. The van der Waals surface area contributed by atoms with Crippen molar-refractivity contribution in [3.63, 3.8) is 0 Å². The topological polar surface area (TPSA) is 12.0 Å². The molecule has 0 bridgehead atoms. The Balaban J connectivity index is 1.78. The maximum atomic E-state index is 6.18. The molecule has 4 rings (SSSR count). The first-order chi connectivity index (χ1) is 10.2. The molecule has 0 radical (unpaired) electrons. The molecule has 2 aromatic carbocycles. The van der Waals surface area contributed by atoms with Crippen molar-refractivity contribution in [3.8, 4) is 0 Å². The molecule has 0 amide bonds. The number of hydrogen-bond donors (Lipinski definition) is 1. The van der Waals surface area contributed by atoms with Crippen LogP contribution >= 0.6 is 27.5 Å². The van der Waals surface area contributed by atoms with Crippen LogP contribution in [0.15, 0.2) is 59.1 Å². The third-order valence-corrected chi connectivity index (χ3v) is 5.32. The summed E-state index contributed by atoms with van der Waals surface area (Å²) in [7, 11) is 0. The summed E-state index contributed by atoms with van der Waals surface area (Å²) >= 11 is 9.69. The first kappa shape index (κ1) is 13.4. The van der Waals surface area contributed by atoms with E-state index in [0.29, 0.717) is 17.9 Å². The fraction of sp³-hybridized carbons (Fsp3) is 0.222. The van der Waals surface area contributed by atoms with E-state index in [1.165, 1.54) is 16.8 Å². The second-order valence-corrected chi connectivity index (χ2v) is 7.11. The van der Waals surface area contributed by atoms with E-state index in [4.69, 9.17) is 11.6 Å². The number of anilines is 1. The first-order valence-electron chi connectivity index (χ1n) is 7.20. The molecule has 1 aliphatic carbocycles. The number of rotatable bonds is 1. The van der Waals surface area contributed by atoms with Gasteiger partial charge in [0.15, 0.2) is 0 Å². The maximum absolute atomic E-state index is 6.18. The van der Waals surface area contributed by atoms with Gasteiger partial charge in [-0.1, -0.05) is 51.8 Å². The van der Waals surface area contributed by atoms with Gasteiger partial charge in [0.25, 0.3) is 0 Å². The first-order valence-corrected chi connectivity index (χ1v) is 8.37. The molecule has 1 aliphatic heterocycles. The summed E-state index contributed by atoms with van der Waals surface area (Å²) in [5.74, 6) is 1.03. The van der Waals surface area contributed by atoms with Gasteiger partial charge in [-0.3, -0.25) is 0 Å². The second-order valence-electron chi connectivity index (χ2n) is 5.76. The second kappa shape index (κ2) is 5.19. The highest BCUT2D eigenvalue weighted by Crippen LogP contribution is 2.50. The van der Waals surface area contributed by atoms with Gasteiger partial charge in [-0.05, 0) is 53.8 Å². The van der Waals surface area contributed by atoms with Gasteiger partial charge < -0.3 is 5.32 Å². The Kier molecular flexibility index (Phi) is 3.31. The minimum absolute atomic E-state index is 0.353. The molecule has 2 aliphatic rings. The van der Waals surface area contributed by atoms with Crippen LogP contribution in [0.25, 0.3) is 0 Å². The quantitative estimate of drug-likeness (QED) is 0.622. The molecule has 0 saturated carbocycles. The van der Waals surface area contributed by atoms with E-state index in [-0.39, 0.29) is 0 Å². The highest BCUT2D eigenvalue weighted by Gasteiger charge is 2.37. The summed E-state index contributed by atoms with van der Waals surface area (Å²) in [6, 6.07) is 15.2. The highest BCUT2D eigenvalue weighted by atomic mass is 79.9. The van der Waals surface area contributed by atoms with Gasteiger partial charge in [0.1, 0.15) is 0 Å². The minimum Gasteiger partial charge on any atom is -0.378 e. The number of hydrogen-bond acceptors (Lipinski definition) is 1. The lowest BCUT2D eigenvalue weighted by Crippen LogP contribution is -2.28. The van der Waals surface area contributed by atoms with Crippen LogP contribution in [0, 0.1) is 5.92 Å². The van der Waals surface area contributed by atoms with Crippen molar-refractivity contribution in [3.05, 3.63) is 75.2 Å². The molecule has 2 aromatic rings. The van der Waals surface area contributed by atoms with Crippen molar-refractivity contribution in [1.82, 2.24) is 0 Å². The Bertz CT molecular complexity index is 708. The van der Waals surface area contributed by atoms with Crippen LogP contribution < -0.4 is 5.32 Å². The van der Waals surface area contributed by atoms with Gasteiger partial charge in [-0.25, -0.2) is 0 Å². The zero-order valence-corrected chi connectivity index (χ0v) is 13.7. The van der Waals surface area contributed by atoms with Crippen molar-refractivity contribution in [2.45, 2.75) is 18.4 Å². The van der Waals surface area contributed by atoms with E-state index < -0.39 is 0 Å². The molecule has 0 unspecified atom stereocenters. The number of halogens is 2. The van der Waals surface area contributed by atoms with E-state index in [0.717, 1.165) is 15.9 Å². The van der Waals surface area contributed by atoms with Gasteiger partial charge in [-0.15, -0.1) is 0 Å². The third kappa shape index (κ3) is 2.31. The smallest absolute Gasteiger partial charge is 0.0553 e. The number of allylic oxidation sites excluding steroid dienone is 2. The lowest BCUT2D eigenvalue weighted by Gasteiger charge is -2.37. The molecular formula is C18H15BrClN. The summed E-state index contributed by atoms with van der Waals surface area (Å²) in [5, 5.41) is 4.53. The average molecular weight is 361 g/mol. The fourth-order valence-electron chi connectivity index (χ4n) is 3.57. The Morgan fingerprint density at radius 3 is 2.71 bits per heavy atom. The predicted octanol–water partition coefficient (Wildman–Crippen LogP) is 5.93. The van der Waals surface area contributed by atoms with E-state index in [1.54, 1.807) is 0 Å². The van der Waals surface area contributed by atoms with Crippen LogP contribution in [-0.2, 0) is 0 Å². The Morgan fingerprint density at radius 2 is 1.90 bits per heavy atom. The standard InChI is InChI=1S/C18H15BrClN/c19-12-6-4-11(5-7-12)18-15-3-1-2-14(15)16-10-13(20)8-9-17(16)21-18/h1-2,4-10,14-15,18,21H,3H2/t14-,15+,18-/m0/s1. The summed E-state index contributed by atoms with van der Waals surface area (Å²) in [5.41, 5.74) is 3.88. The van der Waals surface area contributed by atoms with Crippen LogP contribution in [0.3, 0.4) is 0 Å². The summed E-state index contributed by atoms with van der Waals surface area (Å²) in [4.78, 5) is 0. The zero-order valence-electron chi connectivity index (χ0n) is 11.4. The molecule has 1 heterocycles. The van der Waals surface area contributed by atoms with Gasteiger partial charge in [0, 0.05) is 21.1 Å². The summed E-state index contributed by atoms with van der Waals surface area (Å²) < 4.78 is 1.12. The van der Waals surface area contributed by atoms with Gasteiger partial charge in [0.05, 0.1) is 6.04 Å². The molecule has 1 N–H and O–H groups in total. The maximum Gasteiger partial charge on any atom is 0.0553 e. The van der Waals surface area contributed by atoms with Crippen molar-refractivity contribution in [2.24, 2.45) is 5.92 Å². The normalized spacial score (nSPS) is 26.1. The van der Waals surface area contributed by atoms with Crippen molar-refractivity contribution in [2.75, 3.05) is 5.32 Å². The predicted molar refractivity (Wildman–Crippen MR) is 91.9 cm³/mol. The molecular weight excluding hydrogens is 346 g/mol. The SMILES string of the molecule is Clc1ccc2c(c1)[C@H]1C=CC[C@H]1[C@H](c1ccc(Br)cc1)N2. The lowest BCUT2D eigenvalue weighted by atomic mass is 9.77. The van der Waals surface area contributed by atoms with E-state index >= 15 is 0 Å².